The molecule has 7 heteroatoms. The number of aromatic nitrogens is 5. The van der Waals surface area contributed by atoms with E-state index in [1.54, 1.807) is 18.9 Å². The van der Waals surface area contributed by atoms with Crippen molar-refractivity contribution in [1.82, 2.24) is 24.6 Å². The molecular weight excluding hydrogens is 358 g/mol. The van der Waals surface area contributed by atoms with Crippen molar-refractivity contribution in [3.8, 4) is 17.1 Å². The summed E-state index contributed by atoms with van der Waals surface area (Å²) in [7, 11) is 1.67. The Morgan fingerprint density at radius 3 is 2.63 bits per heavy atom. The van der Waals surface area contributed by atoms with Crippen LogP contribution in [-0.4, -0.2) is 31.7 Å². The summed E-state index contributed by atoms with van der Waals surface area (Å²) in [5, 5.41) is 7.85. The number of nitrogens with zero attached hydrogens (tertiary/aromatic N) is 4. The lowest BCUT2D eigenvalue weighted by Gasteiger charge is -2.11. The van der Waals surface area contributed by atoms with Gasteiger partial charge in [0.2, 0.25) is 0 Å². The molecule has 6 nitrogen and oxygen atoms in total. The summed E-state index contributed by atoms with van der Waals surface area (Å²) in [4.78, 5) is 10.4. The van der Waals surface area contributed by atoms with Crippen LogP contribution in [0.25, 0.3) is 27.9 Å². The molecule has 0 atom stereocenters. The second kappa shape index (κ2) is 6.44. The molecule has 0 saturated heterocycles. The van der Waals surface area contributed by atoms with Crippen molar-refractivity contribution in [2.75, 3.05) is 7.11 Å². The Kier molecular flexibility index (Phi) is 3.79. The molecule has 132 valence electrons. The fraction of sp³-hybridized carbons (Fsp3) is 0.0500. The smallest absolute Gasteiger partial charge is 0.157 e. The molecule has 0 aliphatic rings. The number of nitrogens with one attached hydrogen (secondary N) is 1. The molecule has 0 radical (unpaired) electrons. The molecule has 0 saturated carbocycles. The van der Waals surface area contributed by atoms with Gasteiger partial charge >= 0.3 is 0 Å². The van der Waals surface area contributed by atoms with Crippen LogP contribution >= 0.6 is 11.8 Å². The minimum absolute atomic E-state index is 0.708. The zero-order valence-corrected chi connectivity index (χ0v) is 15.3. The van der Waals surface area contributed by atoms with Gasteiger partial charge in [-0.05, 0) is 48.5 Å². The minimum atomic E-state index is 0.708. The Morgan fingerprint density at radius 2 is 1.85 bits per heavy atom. The lowest BCUT2D eigenvalue weighted by Crippen LogP contribution is -1.96. The van der Waals surface area contributed by atoms with E-state index in [2.05, 4.69) is 37.9 Å². The zero-order valence-electron chi connectivity index (χ0n) is 14.5. The monoisotopic (exact) mass is 373 g/mol. The van der Waals surface area contributed by atoms with E-state index >= 15 is 0 Å². The molecule has 3 aromatic heterocycles. The number of H-pyrrole nitrogens is 1. The first-order valence-corrected chi connectivity index (χ1v) is 9.22. The molecule has 0 amide bonds. The van der Waals surface area contributed by atoms with Gasteiger partial charge in [-0.1, -0.05) is 17.8 Å². The second-order valence-corrected chi connectivity index (χ2v) is 7.03. The average molecular weight is 373 g/mol. The predicted molar refractivity (Wildman–Crippen MR) is 105 cm³/mol. The molecule has 2 aromatic carbocycles. The van der Waals surface area contributed by atoms with Crippen LogP contribution in [0.4, 0.5) is 0 Å². The highest BCUT2D eigenvalue weighted by atomic mass is 32.2. The van der Waals surface area contributed by atoms with Gasteiger partial charge in [-0.3, -0.25) is 5.10 Å². The summed E-state index contributed by atoms with van der Waals surface area (Å²) in [5.74, 6) is 1.55. The molecule has 0 aliphatic carbocycles. The normalized spacial score (nSPS) is 11.3. The first-order chi connectivity index (χ1) is 13.3. The van der Waals surface area contributed by atoms with Crippen LogP contribution in [0, 0.1) is 0 Å². The van der Waals surface area contributed by atoms with E-state index in [1.165, 1.54) is 6.33 Å². The van der Waals surface area contributed by atoms with Crippen LogP contribution in [0.2, 0.25) is 0 Å². The number of hydrogen-bond acceptors (Lipinski definition) is 5. The molecule has 3 heterocycles. The van der Waals surface area contributed by atoms with Crippen LogP contribution < -0.4 is 4.74 Å². The van der Waals surface area contributed by atoms with Gasteiger partial charge in [0.05, 0.1) is 23.7 Å². The SMILES string of the molecule is COc1ccc(Sc2nc3c(-c4ncn[nH]4)cccc3n3cccc23)cc1. The van der Waals surface area contributed by atoms with Gasteiger partial charge in [0.25, 0.3) is 0 Å². The van der Waals surface area contributed by atoms with E-state index in [4.69, 9.17) is 9.72 Å². The maximum Gasteiger partial charge on any atom is 0.157 e. The van der Waals surface area contributed by atoms with E-state index in [0.717, 1.165) is 37.8 Å². The largest absolute Gasteiger partial charge is 0.497 e. The van der Waals surface area contributed by atoms with Crippen molar-refractivity contribution < 1.29 is 4.74 Å². The van der Waals surface area contributed by atoms with E-state index in [0.29, 0.717) is 5.82 Å². The third kappa shape index (κ3) is 2.72. The molecule has 0 aliphatic heterocycles. The number of benzene rings is 2. The fourth-order valence-corrected chi connectivity index (χ4v) is 4.03. The van der Waals surface area contributed by atoms with Crippen LogP contribution in [0.5, 0.6) is 5.75 Å². The highest BCUT2D eigenvalue weighted by Crippen LogP contribution is 2.34. The topological polar surface area (TPSA) is 68.1 Å². The Balaban J connectivity index is 1.70. The van der Waals surface area contributed by atoms with Crippen molar-refractivity contribution in [3.63, 3.8) is 0 Å². The zero-order chi connectivity index (χ0) is 18.2. The van der Waals surface area contributed by atoms with E-state index in [1.807, 2.05) is 42.5 Å². The molecule has 0 bridgehead atoms. The highest BCUT2D eigenvalue weighted by Gasteiger charge is 2.14. The summed E-state index contributed by atoms with van der Waals surface area (Å²) in [6.07, 6.45) is 3.57. The third-order valence-corrected chi connectivity index (χ3v) is 5.40. The van der Waals surface area contributed by atoms with Crippen molar-refractivity contribution in [1.29, 1.82) is 0 Å². The van der Waals surface area contributed by atoms with Gasteiger partial charge in [0.1, 0.15) is 17.1 Å². The van der Waals surface area contributed by atoms with Gasteiger partial charge in [-0.15, -0.1) is 0 Å². The minimum Gasteiger partial charge on any atom is -0.497 e. The van der Waals surface area contributed by atoms with Crippen molar-refractivity contribution in [2.45, 2.75) is 9.92 Å². The number of methoxy groups -OCH3 is 1. The quantitative estimate of drug-likeness (QED) is 0.505. The summed E-state index contributed by atoms with van der Waals surface area (Å²) >= 11 is 1.63. The third-order valence-electron chi connectivity index (χ3n) is 4.40. The maximum atomic E-state index is 5.25. The molecule has 0 spiro atoms. The van der Waals surface area contributed by atoms with Crippen molar-refractivity contribution >= 4 is 28.3 Å². The van der Waals surface area contributed by atoms with E-state index in [9.17, 15) is 0 Å². The number of para-hydroxylation sites is 1. The van der Waals surface area contributed by atoms with E-state index in [-0.39, 0.29) is 0 Å². The standard InChI is InChI=1S/C20H15N5OS/c1-26-13-7-9-14(10-8-13)27-20-17-6-3-11-25(17)16-5-2-4-15(18(16)23-20)19-21-12-22-24-19/h2-12H,1H3,(H,21,22,24). The predicted octanol–water partition coefficient (Wildman–Crippen LogP) is 4.43. The first kappa shape index (κ1) is 15.9. The molecule has 1 N–H and O–H groups in total. The van der Waals surface area contributed by atoms with Gasteiger partial charge in [-0.25, -0.2) is 9.97 Å². The number of hydrogen-bond donors (Lipinski definition) is 1. The Bertz CT molecular complexity index is 1230. The summed E-state index contributed by atoms with van der Waals surface area (Å²) < 4.78 is 7.41. The summed E-state index contributed by atoms with van der Waals surface area (Å²) in [5.41, 5.74) is 3.91. The molecule has 5 aromatic rings. The summed E-state index contributed by atoms with van der Waals surface area (Å²) in [6.45, 7) is 0. The number of ether oxygens (including phenoxy) is 1. The second-order valence-electron chi connectivity index (χ2n) is 5.97. The number of rotatable bonds is 4. The van der Waals surface area contributed by atoms with Gasteiger partial charge in [0.15, 0.2) is 5.82 Å². The Morgan fingerprint density at radius 1 is 1.00 bits per heavy atom. The highest BCUT2D eigenvalue weighted by molar-refractivity contribution is 7.99. The lowest BCUT2D eigenvalue weighted by molar-refractivity contribution is 0.414. The van der Waals surface area contributed by atoms with Gasteiger partial charge in [-0.2, -0.15) is 5.10 Å². The Hall–Kier alpha value is -3.32. The van der Waals surface area contributed by atoms with E-state index < -0.39 is 0 Å². The van der Waals surface area contributed by atoms with Gasteiger partial charge in [0, 0.05) is 16.7 Å². The maximum absolute atomic E-state index is 5.25. The molecule has 27 heavy (non-hydrogen) atoms. The molecular formula is C20H15N5OS. The van der Waals surface area contributed by atoms with Crippen LogP contribution in [0.1, 0.15) is 0 Å². The van der Waals surface area contributed by atoms with Crippen molar-refractivity contribution in [3.05, 3.63) is 67.1 Å². The van der Waals surface area contributed by atoms with Crippen LogP contribution in [-0.2, 0) is 0 Å². The number of aromatic amines is 1. The fourth-order valence-electron chi connectivity index (χ4n) is 3.12. The molecule has 0 unspecified atom stereocenters. The van der Waals surface area contributed by atoms with Gasteiger partial charge < -0.3 is 9.14 Å². The lowest BCUT2D eigenvalue weighted by atomic mass is 10.1. The average Bonchev–Trinajstić information content (AvgIpc) is 3.40. The molecule has 0 fully saturated rings. The van der Waals surface area contributed by atoms with Crippen LogP contribution in [0.3, 0.4) is 0 Å². The van der Waals surface area contributed by atoms with Crippen LogP contribution in [0.15, 0.2) is 77.0 Å². The molecule has 5 rings (SSSR count). The summed E-state index contributed by atoms with van der Waals surface area (Å²) in [6, 6.07) is 18.2. The van der Waals surface area contributed by atoms with Crippen molar-refractivity contribution in [2.24, 2.45) is 0 Å². The number of fused-ring (bicyclic) bond motifs is 3. The first-order valence-electron chi connectivity index (χ1n) is 8.41. The Labute approximate surface area is 159 Å².